The number of nitrogens with zero attached hydrogens (tertiary/aromatic N) is 3. The van der Waals surface area contributed by atoms with E-state index in [0.29, 0.717) is 29.4 Å². The number of sulfonamides is 1. The van der Waals surface area contributed by atoms with Crippen LogP contribution in [0.4, 0.5) is 5.13 Å². The SMILES string of the molecule is CCN(CC)S(=O)(=O)c1ccc(C(=O)Nc2nc3nc(C)cc(C)c3s2)cc1. The van der Waals surface area contributed by atoms with Crippen molar-refractivity contribution in [3.63, 3.8) is 0 Å². The Hall–Kier alpha value is -2.36. The van der Waals surface area contributed by atoms with Crippen LogP contribution in [0.1, 0.15) is 35.5 Å². The molecule has 1 amide bonds. The third-order valence-corrected chi connectivity index (χ3v) is 7.51. The lowest BCUT2D eigenvalue weighted by molar-refractivity contribution is 0.102. The second kappa shape index (κ2) is 7.94. The molecule has 0 saturated carbocycles. The van der Waals surface area contributed by atoms with E-state index in [4.69, 9.17) is 0 Å². The summed E-state index contributed by atoms with van der Waals surface area (Å²) < 4.78 is 27.4. The highest BCUT2D eigenvalue weighted by Crippen LogP contribution is 2.28. The number of hydrogen-bond donors (Lipinski definition) is 1. The van der Waals surface area contributed by atoms with E-state index >= 15 is 0 Å². The summed E-state index contributed by atoms with van der Waals surface area (Å²) >= 11 is 1.36. The number of aryl methyl sites for hydroxylation is 2. The number of amides is 1. The standard InChI is InChI=1S/C19H22N4O3S2/c1-5-23(6-2)28(25,26)15-9-7-14(8-10-15)18(24)22-19-21-17-16(27-19)12(3)11-13(4)20-17/h7-11H,5-6H2,1-4H3,(H,20,21,22,24). The van der Waals surface area contributed by atoms with Crippen LogP contribution in [0.5, 0.6) is 0 Å². The first-order valence-corrected chi connectivity index (χ1v) is 11.2. The van der Waals surface area contributed by atoms with Crippen LogP contribution < -0.4 is 5.32 Å². The predicted octanol–water partition coefficient (Wildman–Crippen LogP) is 3.59. The van der Waals surface area contributed by atoms with Crippen LogP contribution in [0.2, 0.25) is 0 Å². The average Bonchev–Trinajstić information content (AvgIpc) is 3.05. The summed E-state index contributed by atoms with van der Waals surface area (Å²) in [6.45, 7) is 8.25. The van der Waals surface area contributed by atoms with Gasteiger partial charge in [-0.25, -0.2) is 13.4 Å². The molecule has 0 bridgehead atoms. The van der Waals surface area contributed by atoms with E-state index in [1.54, 1.807) is 13.8 Å². The first-order chi connectivity index (χ1) is 13.3. The molecule has 0 saturated heterocycles. The molecule has 0 aliphatic carbocycles. The van der Waals surface area contributed by atoms with Crippen molar-refractivity contribution in [3.8, 4) is 0 Å². The molecule has 0 radical (unpaired) electrons. The van der Waals surface area contributed by atoms with E-state index in [-0.39, 0.29) is 10.8 Å². The highest BCUT2D eigenvalue weighted by Gasteiger charge is 2.22. The number of anilines is 1. The molecule has 0 fully saturated rings. The third-order valence-electron chi connectivity index (χ3n) is 4.36. The number of hydrogen-bond acceptors (Lipinski definition) is 6. The molecule has 28 heavy (non-hydrogen) atoms. The summed E-state index contributed by atoms with van der Waals surface area (Å²) in [6.07, 6.45) is 0. The van der Waals surface area contributed by atoms with E-state index in [1.807, 2.05) is 19.9 Å². The van der Waals surface area contributed by atoms with Crippen molar-refractivity contribution in [2.75, 3.05) is 18.4 Å². The number of rotatable bonds is 6. The number of pyridine rings is 1. The minimum Gasteiger partial charge on any atom is -0.298 e. The Balaban J connectivity index is 1.81. The molecule has 148 valence electrons. The molecule has 2 aromatic heterocycles. The van der Waals surface area contributed by atoms with Gasteiger partial charge in [-0.15, -0.1) is 0 Å². The van der Waals surface area contributed by atoms with Crippen molar-refractivity contribution in [2.45, 2.75) is 32.6 Å². The Kier molecular flexibility index (Phi) is 5.78. The number of carbonyl (C=O) groups excluding carboxylic acids is 1. The molecule has 0 spiro atoms. The van der Waals surface area contributed by atoms with Crippen LogP contribution in [-0.2, 0) is 10.0 Å². The zero-order chi connectivity index (χ0) is 20.5. The quantitative estimate of drug-likeness (QED) is 0.660. The first-order valence-electron chi connectivity index (χ1n) is 8.92. The van der Waals surface area contributed by atoms with Gasteiger partial charge in [-0.1, -0.05) is 25.2 Å². The minimum atomic E-state index is -3.55. The fraction of sp³-hybridized carbons (Fsp3) is 0.316. The zero-order valence-electron chi connectivity index (χ0n) is 16.2. The lowest BCUT2D eigenvalue weighted by atomic mass is 10.2. The van der Waals surface area contributed by atoms with Gasteiger partial charge >= 0.3 is 0 Å². The van der Waals surface area contributed by atoms with E-state index in [2.05, 4.69) is 15.3 Å². The molecule has 0 aliphatic heterocycles. The molecule has 9 heteroatoms. The molecule has 2 heterocycles. The Morgan fingerprint density at radius 3 is 2.36 bits per heavy atom. The Morgan fingerprint density at radius 1 is 1.11 bits per heavy atom. The molecule has 1 aromatic carbocycles. The summed E-state index contributed by atoms with van der Waals surface area (Å²) in [5.41, 5.74) is 2.90. The topological polar surface area (TPSA) is 92.3 Å². The van der Waals surface area contributed by atoms with E-state index in [9.17, 15) is 13.2 Å². The fourth-order valence-corrected chi connectivity index (χ4v) is 5.27. The largest absolute Gasteiger partial charge is 0.298 e. The third kappa shape index (κ3) is 3.91. The van der Waals surface area contributed by atoms with Crippen LogP contribution in [-0.4, -0.2) is 41.7 Å². The number of nitrogens with one attached hydrogen (secondary N) is 1. The molecule has 7 nitrogen and oxygen atoms in total. The van der Waals surface area contributed by atoms with E-state index in [1.165, 1.54) is 39.9 Å². The molecular weight excluding hydrogens is 396 g/mol. The van der Waals surface area contributed by atoms with Crippen molar-refractivity contribution in [3.05, 3.63) is 47.2 Å². The molecule has 0 atom stereocenters. The normalized spacial score (nSPS) is 11.9. The monoisotopic (exact) mass is 418 g/mol. The number of fused-ring (bicyclic) bond motifs is 1. The molecule has 1 N–H and O–H groups in total. The van der Waals surface area contributed by atoms with Crippen LogP contribution >= 0.6 is 11.3 Å². The Bertz CT molecular complexity index is 1120. The first kappa shape index (κ1) is 20.4. The van der Waals surface area contributed by atoms with Gasteiger partial charge in [0.2, 0.25) is 10.0 Å². The average molecular weight is 419 g/mol. The highest BCUT2D eigenvalue weighted by atomic mass is 32.2. The van der Waals surface area contributed by atoms with Gasteiger partial charge in [-0.05, 0) is 49.7 Å². The fourth-order valence-electron chi connectivity index (χ4n) is 2.94. The summed E-state index contributed by atoms with van der Waals surface area (Å²) in [5.74, 6) is -0.347. The maximum absolute atomic E-state index is 12.5. The predicted molar refractivity (Wildman–Crippen MR) is 111 cm³/mol. The summed E-state index contributed by atoms with van der Waals surface area (Å²) in [7, 11) is -3.55. The molecule has 3 aromatic rings. The lowest BCUT2D eigenvalue weighted by Crippen LogP contribution is -2.30. The Morgan fingerprint density at radius 2 is 1.75 bits per heavy atom. The van der Waals surface area contributed by atoms with Gasteiger partial charge in [-0.3, -0.25) is 10.1 Å². The summed E-state index contributed by atoms with van der Waals surface area (Å²) in [4.78, 5) is 21.5. The number of benzene rings is 1. The van der Waals surface area contributed by atoms with Crippen molar-refractivity contribution >= 4 is 42.7 Å². The van der Waals surface area contributed by atoms with Gasteiger partial charge in [0.15, 0.2) is 10.8 Å². The molecule has 3 rings (SSSR count). The smallest absolute Gasteiger partial charge is 0.257 e. The number of thiazole rings is 1. The van der Waals surface area contributed by atoms with Crippen LogP contribution in [0.3, 0.4) is 0 Å². The maximum atomic E-state index is 12.5. The zero-order valence-corrected chi connectivity index (χ0v) is 17.8. The van der Waals surface area contributed by atoms with Crippen molar-refractivity contribution < 1.29 is 13.2 Å². The van der Waals surface area contributed by atoms with Gasteiger partial charge < -0.3 is 0 Å². The van der Waals surface area contributed by atoms with Crippen LogP contribution in [0.25, 0.3) is 10.3 Å². The van der Waals surface area contributed by atoms with Gasteiger partial charge in [0.05, 0.1) is 9.60 Å². The molecule has 0 aliphatic rings. The van der Waals surface area contributed by atoms with Crippen LogP contribution in [0.15, 0.2) is 35.2 Å². The second-order valence-electron chi connectivity index (χ2n) is 6.32. The molecular formula is C19H22N4O3S2. The lowest BCUT2D eigenvalue weighted by Gasteiger charge is -2.18. The van der Waals surface area contributed by atoms with E-state index < -0.39 is 10.0 Å². The second-order valence-corrected chi connectivity index (χ2v) is 9.26. The van der Waals surface area contributed by atoms with Gasteiger partial charge in [0, 0.05) is 24.3 Å². The summed E-state index contributed by atoms with van der Waals surface area (Å²) in [6, 6.07) is 7.90. The highest BCUT2D eigenvalue weighted by molar-refractivity contribution is 7.89. The van der Waals surface area contributed by atoms with E-state index in [0.717, 1.165) is 16.0 Å². The number of carbonyl (C=O) groups is 1. The van der Waals surface area contributed by atoms with Crippen LogP contribution in [0, 0.1) is 13.8 Å². The number of aromatic nitrogens is 2. The molecule has 0 unspecified atom stereocenters. The van der Waals surface area contributed by atoms with Crippen molar-refractivity contribution in [1.29, 1.82) is 0 Å². The van der Waals surface area contributed by atoms with Crippen molar-refractivity contribution in [2.24, 2.45) is 0 Å². The summed E-state index contributed by atoms with van der Waals surface area (Å²) in [5, 5.41) is 3.23. The maximum Gasteiger partial charge on any atom is 0.257 e. The van der Waals surface area contributed by atoms with Crippen molar-refractivity contribution in [1.82, 2.24) is 14.3 Å². The Labute approximate surface area is 168 Å². The van der Waals surface area contributed by atoms with Gasteiger partial charge in [-0.2, -0.15) is 9.29 Å². The van der Waals surface area contributed by atoms with Gasteiger partial charge in [0.1, 0.15) is 0 Å². The minimum absolute atomic E-state index is 0.169. The van der Waals surface area contributed by atoms with Gasteiger partial charge in [0.25, 0.3) is 5.91 Å².